The van der Waals surface area contributed by atoms with E-state index < -0.39 is 5.82 Å². The van der Waals surface area contributed by atoms with Crippen LogP contribution in [0.5, 0.6) is 0 Å². The predicted octanol–water partition coefficient (Wildman–Crippen LogP) is 2.64. The molecule has 1 fully saturated rings. The third-order valence-corrected chi connectivity index (χ3v) is 4.77. The quantitative estimate of drug-likeness (QED) is 0.694. The molecule has 27 heavy (non-hydrogen) atoms. The molecule has 0 spiro atoms. The van der Waals surface area contributed by atoms with Gasteiger partial charge in [0, 0.05) is 31.9 Å². The van der Waals surface area contributed by atoms with E-state index in [9.17, 15) is 9.18 Å². The average molecular weight is 368 g/mol. The van der Waals surface area contributed by atoms with Crippen molar-refractivity contribution in [1.29, 1.82) is 0 Å². The van der Waals surface area contributed by atoms with Crippen LogP contribution in [0.4, 0.5) is 4.39 Å². The number of benzene rings is 1. The van der Waals surface area contributed by atoms with Crippen molar-refractivity contribution in [1.82, 2.24) is 29.4 Å². The zero-order valence-electron chi connectivity index (χ0n) is 15.1. The van der Waals surface area contributed by atoms with Crippen molar-refractivity contribution in [3.05, 3.63) is 60.2 Å². The fraction of sp³-hybridized carbons (Fsp3) is 0.368. The minimum absolute atomic E-state index is 0.114. The van der Waals surface area contributed by atoms with Gasteiger partial charge in [0.15, 0.2) is 0 Å². The van der Waals surface area contributed by atoms with Gasteiger partial charge in [0.1, 0.15) is 17.3 Å². The molecule has 3 aromatic rings. The molecule has 0 bridgehead atoms. The van der Waals surface area contributed by atoms with E-state index in [0.717, 1.165) is 12.8 Å². The van der Waals surface area contributed by atoms with Crippen molar-refractivity contribution in [2.24, 2.45) is 0 Å². The van der Waals surface area contributed by atoms with E-state index >= 15 is 0 Å². The Morgan fingerprint density at radius 3 is 2.89 bits per heavy atom. The largest absolute Gasteiger partial charge is 0.334 e. The number of nitrogens with zero attached hydrogens (tertiary/aromatic N) is 6. The minimum atomic E-state index is -0.390. The number of likely N-dealkylation sites (tertiary alicyclic amines) is 1. The molecule has 140 valence electrons. The van der Waals surface area contributed by atoms with E-state index in [4.69, 9.17) is 0 Å². The van der Waals surface area contributed by atoms with E-state index in [0.29, 0.717) is 31.0 Å². The molecule has 3 heterocycles. The number of aryl methyl sites for hydroxylation is 1. The standard InChI is InChI=1S/C19H21FN6O/c1-2-6-17-22-18(23-26(17)16-8-4-3-7-15(16)20)19(27)24-12-9-14(13-24)25-11-5-10-21-25/h3-5,7-8,10-11,14H,2,6,9,12-13H2,1H3. The SMILES string of the molecule is CCCc1nc(C(=O)N2CCC(n3cccn3)C2)nn1-c1ccccc1F. The van der Waals surface area contributed by atoms with E-state index in [2.05, 4.69) is 15.2 Å². The van der Waals surface area contributed by atoms with Crippen molar-refractivity contribution in [2.45, 2.75) is 32.2 Å². The van der Waals surface area contributed by atoms with Crippen LogP contribution in [0.25, 0.3) is 5.69 Å². The first-order valence-corrected chi connectivity index (χ1v) is 9.16. The monoisotopic (exact) mass is 368 g/mol. The predicted molar refractivity (Wildman–Crippen MR) is 97.1 cm³/mol. The van der Waals surface area contributed by atoms with Crippen LogP contribution in [-0.2, 0) is 6.42 Å². The summed E-state index contributed by atoms with van der Waals surface area (Å²) in [5, 5.41) is 8.60. The summed E-state index contributed by atoms with van der Waals surface area (Å²) in [5.41, 5.74) is 0.309. The maximum atomic E-state index is 14.2. The van der Waals surface area contributed by atoms with Gasteiger partial charge < -0.3 is 4.90 Å². The molecule has 2 aromatic heterocycles. The molecule has 1 amide bonds. The van der Waals surface area contributed by atoms with Gasteiger partial charge in [0.2, 0.25) is 5.82 Å². The molecule has 1 aromatic carbocycles. The molecule has 0 aliphatic carbocycles. The fourth-order valence-corrected chi connectivity index (χ4v) is 3.42. The highest BCUT2D eigenvalue weighted by Gasteiger charge is 2.31. The van der Waals surface area contributed by atoms with Crippen LogP contribution in [0.3, 0.4) is 0 Å². The van der Waals surface area contributed by atoms with Gasteiger partial charge in [-0.2, -0.15) is 5.10 Å². The number of rotatable bonds is 5. The molecule has 7 nitrogen and oxygen atoms in total. The Bertz CT molecular complexity index is 936. The Morgan fingerprint density at radius 1 is 1.30 bits per heavy atom. The molecule has 0 N–H and O–H groups in total. The number of hydrogen-bond donors (Lipinski definition) is 0. The molecule has 8 heteroatoms. The minimum Gasteiger partial charge on any atom is -0.334 e. The summed E-state index contributed by atoms with van der Waals surface area (Å²) in [6.45, 7) is 3.20. The van der Waals surface area contributed by atoms with Crippen LogP contribution in [0.2, 0.25) is 0 Å². The van der Waals surface area contributed by atoms with Gasteiger partial charge in [-0.05, 0) is 31.0 Å². The zero-order valence-corrected chi connectivity index (χ0v) is 15.1. The second-order valence-corrected chi connectivity index (χ2v) is 6.64. The third-order valence-electron chi connectivity index (χ3n) is 4.77. The first kappa shape index (κ1) is 17.4. The number of carbonyl (C=O) groups excluding carboxylic acids is 1. The average Bonchev–Trinajstić information content (AvgIpc) is 3.42. The lowest BCUT2D eigenvalue weighted by molar-refractivity contribution is 0.0775. The van der Waals surface area contributed by atoms with Crippen molar-refractivity contribution in [3.63, 3.8) is 0 Å². The second-order valence-electron chi connectivity index (χ2n) is 6.64. The summed E-state index contributed by atoms with van der Waals surface area (Å²) in [7, 11) is 0. The Kier molecular flexibility index (Phi) is 4.70. The van der Waals surface area contributed by atoms with Crippen LogP contribution >= 0.6 is 0 Å². The fourth-order valence-electron chi connectivity index (χ4n) is 3.42. The van der Waals surface area contributed by atoms with Gasteiger partial charge in [-0.15, -0.1) is 5.10 Å². The van der Waals surface area contributed by atoms with Crippen LogP contribution < -0.4 is 0 Å². The van der Waals surface area contributed by atoms with Crippen LogP contribution in [0.15, 0.2) is 42.7 Å². The summed E-state index contributed by atoms with van der Waals surface area (Å²) >= 11 is 0. The third kappa shape index (κ3) is 3.34. The zero-order chi connectivity index (χ0) is 18.8. The molecule has 1 aliphatic rings. The molecule has 0 radical (unpaired) electrons. The highest BCUT2D eigenvalue weighted by atomic mass is 19.1. The Balaban J connectivity index is 1.59. The lowest BCUT2D eigenvalue weighted by Crippen LogP contribution is -2.30. The van der Waals surface area contributed by atoms with E-state index in [1.165, 1.54) is 10.7 Å². The first-order valence-electron chi connectivity index (χ1n) is 9.16. The maximum Gasteiger partial charge on any atom is 0.293 e. The molecule has 1 unspecified atom stereocenters. The van der Waals surface area contributed by atoms with Gasteiger partial charge in [-0.3, -0.25) is 9.48 Å². The highest BCUT2D eigenvalue weighted by Crippen LogP contribution is 2.22. The summed E-state index contributed by atoms with van der Waals surface area (Å²) in [4.78, 5) is 19.1. The van der Waals surface area contributed by atoms with Crippen LogP contribution in [-0.4, -0.2) is 48.4 Å². The molecule has 1 saturated heterocycles. The van der Waals surface area contributed by atoms with E-state index in [-0.39, 0.29) is 17.8 Å². The Labute approximate surface area is 156 Å². The van der Waals surface area contributed by atoms with Crippen molar-refractivity contribution >= 4 is 5.91 Å². The lowest BCUT2D eigenvalue weighted by atomic mass is 10.3. The number of aromatic nitrogens is 5. The number of para-hydroxylation sites is 1. The number of hydrogen-bond acceptors (Lipinski definition) is 4. The normalized spacial score (nSPS) is 16.8. The van der Waals surface area contributed by atoms with E-state index in [1.807, 2.05) is 23.9 Å². The second kappa shape index (κ2) is 7.30. The van der Waals surface area contributed by atoms with E-state index in [1.54, 1.807) is 29.3 Å². The molecule has 0 saturated carbocycles. The molecular formula is C19H21FN6O. The molecule has 1 aliphatic heterocycles. The Hall–Kier alpha value is -3.03. The molecule has 1 atom stereocenters. The summed E-state index contributed by atoms with van der Waals surface area (Å²) < 4.78 is 17.5. The summed E-state index contributed by atoms with van der Waals surface area (Å²) in [5.74, 6) is 0.0901. The number of halogens is 1. The Morgan fingerprint density at radius 2 is 2.15 bits per heavy atom. The molecular weight excluding hydrogens is 347 g/mol. The van der Waals surface area contributed by atoms with Gasteiger partial charge in [-0.1, -0.05) is 19.1 Å². The highest BCUT2D eigenvalue weighted by molar-refractivity contribution is 5.90. The van der Waals surface area contributed by atoms with Gasteiger partial charge in [0.25, 0.3) is 5.91 Å². The first-order chi connectivity index (χ1) is 13.2. The number of amides is 1. The van der Waals surface area contributed by atoms with Crippen LogP contribution in [0, 0.1) is 5.82 Å². The summed E-state index contributed by atoms with van der Waals surface area (Å²) in [6, 6.07) is 8.42. The molecule has 4 rings (SSSR count). The van der Waals surface area contributed by atoms with Crippen LogP contribution in [0.1, 0.15) is 42.3 Å². The summed E-state index contributed by atoms with van der Waals surface area (Å²) in [6.07, 6.45) is 5.92. The lowest BCUT2D eigenvalue weighted by Gasteiger charge is -2.14. The smallest absolute Gasteiger partial charge is 0.293 e. The van der Waals surface area contributed by atoms with Crippen molar-refractivity contribution in [3.8, 4) is 5.69 Å². The topological polar surface area (TPSA) is 68.8 Å². The maximum absolute atomic E-state index is 14.2. The van der Waals surface area contributed by atoms with Gasteiger partial charge in [-0.25, -0.2) is 14.1 Å². The van der Waals surface area contributed by atoms with Crippen molar-refractivity contribution < 1.29 is 9.18 Å². The van der Waals surface area contributed by atoms with Gasteiger partial charge in [0.05, 0.1) is 6.04 Å². The number of carbonyl (C=O) groups is 1. The van der Waals surface area contributed by atoms with Gasteiger partial charge >= 0.3 is 0 Å². The van der Waals surface area contributed by atoms with Crippen molar-refractivity contribution in [2.75, 3.05) is 13.1 Å².